The number of benzene rings is 1. The van der Waals surface area contributed by atoms with E-state index >= 15 is 0 Å². The van der Waals surface area contributed by atoms with Gasteiger partial charge in [-0.2, -0.15) is 8.78 Å². The van der Waals surface area contributed by atoms with Crippen LogP contribution in [0.5, 0.6) is 0 Å². The van der Waals surface area contributed by atoms with E-state index in [9.17, 15) is 21.6 Å². The highest BCUT2D eigenvalue weighted by Crippen LogP contribution is 2.23. The molecule has 1 aromatic carbocycles. The van der Waals surface area contributed by atoms with Gasteiger partial charge in [0.25, 0.3) is 0 Å². The van der Waals surface area contributed by atoms with Crippen molar-refractivity contribution in [1.29, 1.82) is 0 Å². The molecule has 0 amide bonds. The molecule has 0 aliphatic rings. The number of hydrogen-bond acceptors (Lipinski definition) is 2. The van der Waals surface area contributed by atoms with Gasteiger partial charge < -0.3 is 0 Å². The number of rotatable bonds is 2. The molecule has 7 heteroatoms. The quantitative estimate of drug-likeness (QED) is 0.838. The van der Waals surface area contributed by atoms with Crippen molar-refractivity contribution in [3.63, 3.8) is 0 Å². The molecular weight excluding hydrogens is 285 g/mol. The Bertz CT molecular complexity index is 444. The Hall–Kier alpha value is -0.560. The Labute approximate surface area is 86.8 Å². The molecule has 0 unspecified atom stereocenters. The van der Waals surface area contributed by atoms with Crippen molar-refractivity contribution in [2.75, 3.05) is 0 Å². The van der Waals surface area contributed by atoms with E-state index < -0.39 is 26.3 Å². The molecule has 0 saturated heterocycles. The van der Waals surface area contributed by atoms with Crippen molar-refractivity contribution < 1.29 is 21.6 Å². The smallest absolute Gasteiger partial charge is 0.218 e. The van der Waals surface area contributed by atoms with E-state index in [0.29, 0.717) is 0 Å². The third-order valence-electron chi connectivity index (χ3n) is 1.44. The van der Waals surface area contributed by atoms with Gasteiger partial charge in [-0.3, -0.25) is 0 Å². The topological polar surface area (TPSA) is 34.1 Å². The molecule has 2 nitrogen and oxygen atoms in total. The molecular formula is C7H4BrF3O2S. The Balaban J connectivity index is 3.35. The molecule has 14 heavy (non-hydrogen) atoms. The number of alkyl halides is 2. The third-order valence-corrected chi connectivity index (χ3v) is 3.34. The van der Waals surface area contributed by atoms with Gasteiger partial charge in [0.05, 0.1) is 0 Å². The van der Waals surface area contributed by atoms with Gasteiger partial charge in [-0.15, -0.1) is 0 Å². The standard InChI is InChI=1S/C7H4BrF3O2S/c8-4-1-2-6(5(9)3-4)14(12,13)7(10)11/h1-3,7H. The summed E-state index contributed by atoms with van der Waals surface area (Å²) in [5.74, 6) is -4.81. The van der Waals surface area contributed by atoms with Crippen molar-refractivity contribution in [1.82, 2.24) is 0 Å². The molecule has 0 aromatic heterocycles. The highest BCUT2D eigenvalue weighted by Gasteiger charge is 2.29. The number of halogens is 4. The zero-order valence-electron chi connectivity index (χ0n) is 6.55. The van der Waals surface area contributed by atoms with Crippen LogP contribution in [0.25, 0.3) is 0 Å². The summed E-state index contributed by atoms with van der Waals surface area (Å²) >= 11 is 2.88. The maximum Gasteiger partial charge on any atom is 0.341 e. The minimum Gasteiger partial charge on any atom is -0.218 e. The van der Waals surface area contributed by atoms with Gasteiger partial charge in [0.2, 0.25) is 9.84 Å². The number of sulfone groups is 1. The van der Waals surface area contributed by atoms with Crippen molar-refractivity contribution in [3.8, 4) is 0 Å². The molecule has 0 aliphatic heterocycles. The molecule has 0 radical (unpaired) electrons. The normalized spacial score (nSPS) is 12.1. The maximum absolute atomic E-state index is 13.0. The molecule has 0 heterocycles. The van der Waals surface area contributed by atoms with E-state index in [4.69, 9.17) is 0 Å². The van der Waals surface area contributed by atoms with Crippen LogP contribution in [-0.2, 0) is 9.84 Å². The summed E-state index contributed by atoms with van der Waals surface area (Å²) in [6, 6.07) is 2.79. The van der Waals surface area contributed by atoms with Crippen molar-refractivity contribution in [3.05, 3.63) is 28.5 Å². The van der Waals surface area contributed by atoms with E-state index in [1.54, 1.807) is 0 Å². The molecule has 0 saturated carbocycles. The van der Waals surface area contributed by atoms with Crippen LogP contribution < -0.4 is 0 Å². The Morgan fingerprint density at radius 3 is 2.29 bits per heavy atom. The van der Waals surface area contributed by atoms with Crippen molar-refractivity contribution in [2.45, 2.75) is 10.7 Å². The van der Waals surface area contributed by atoms with E-state index in [1.165, 1.54) is 6.07 Å². The van der Waals surface area contributed by atoms with Gasteiger partial charge in [0.1, 0.15) is 10.7 Å². The molecule has 0 aliphatic carbocycles. The predicted molar refractivity (Wildman–Crippen MR) is 47.3 cm³/mol. The molecule has 0 fully saturated rings. The second-order valence-electron chi connectivity index (χ2n) is 2.38. The van der Waals surface area contributed by atoms with Gasteiger partial charge in [0.15, 0.2) is 0 Å². The molecule has 0 bridgehead atoms. The van der Waals surface area contributed by atoms with E-state index in [0.717, 1.165) is 12.1 Å². The van der Waals surface area contributed by atoms with E-state index in [2.05, 4.69) is 15.9 Å². The lowest BCUT2D eigenvalue weighted by atomic mass is 10.3. The number of hydrogen-bond donors (Lipinski definition) is 0. The first-order valence-corrected chi connectivity index (χ1v) is 5.66. The van der Waals surface area contributed by atoms with Gasteiger partial charge in [0, 0.05) is 4.47 Å². The Kier molecular flexibility index (Phi) is 3.20. The Morgan fingerprint density at radius 1 is 1.29 bits per heavy atom. The van der Waals surface area contributed by atoms with Gasteiger partial charge >= 0.3 is 5.76 Å². The predicted octanol–water partition coefficient (Wildman–Crippen LogP) is 2.58. The van der Waals surface area contributed by atoms with Crippen molar-refractivity contribution in [2.24, 2.45) is 0 Å². The molecule has 78 valence electrons. The Morgan fingerprint density at radius 2 is 1.86 bits per heavy atom. The first-order chi connectivity index (χ1) is 6.35. The fourth-order valence-electron chi connectivity index (χ4n) is 0.802. The first-order valence-electron chi connectivity index (χ1n) is 3.33. The molecule has 1 rings (SSSR count). The fraction of sp³-hybridized carbons (Fsp3) is 0.143. The molecule has 0 N–H and O–H groups in total. The monoisotopic (exact) mass is 288 g/mol. The minimum absolute atomic E-state index is 0.281. The van der Waals surface area contributed by atoms with Crippen LogP contribution in [0.4, 0.5) is 13.2 Å². The van der Waals surface area contributed by atoms with Gasteiger partial charge in [-0.1, -0.05) is 15.9 Å². The van der Waals surface area contributed by atoms with Crippen molar-refractivity contribution >= 4 is 25.8 Å². The SMILES string of the molecule is O=S(=O)(c1ccc(Br)cc1F)C(F)F. The average molecular weight is 289 g/mol. The highest BCUT2D eigenvalue weighted by molar-refractivity contribution is 9.10. The lowest BCUT2D eigenvalue weighted by molar-refractivity contribution is 0.234. The molecule has 0 atom stereocenters. The third kappa shape index (κ3) is 2.09. The van der Waals surface area contributed by atoms with Crippen LogP contribution >= 0.6 is 15.9 Å². The van der Waals surface area contributed by atoms with E-state index in [-0.39, 0.29) is 4.47 Å². The van der Waals surface area contributed by atoms with Crippen LogP contribution in [0.15, 0.2) is 27.6 Å². The summed E-state index contributed by atoms with van der Waals surface area (Å²) < 4.78 is 59.0. The first kappa shape index (κ1) is 11.5. The average Bonchev–Trinajstić information content (AvgIpc) is 2.02. The summed E-state index contributed by atoms with van der Waals surface area (Å²) in [5.41, 5.74) is 0. The molecule has 0 spiro atoms. The second kappa shape index (κ2) is 3.90. The van der Waals surface area contributed by atoms with Crippen LogP contribution in [0.1, 0.15) is 0 Å². The van der Waals surface area contributed by atoms with Gasteiger partial charge in [-0.05, 0) is 18.2 Å². The lowest BCUT2D eigenvalue weighted by Crippen LogP contribution is -2.13. The molecule has 1 aromatic rings. The summed E-state index contributed by atoms with van der Waals surface area (Å²) in [6.07, 6.45) is 0. The van der Waals surface area contributed by atoms with Crippen LogP contribution in [-0.4, -0.2) is 14.2 Å². The maximum atomic E-state index is 13.0. The summed E-state index contributed by atoms with van der Waals surface area (Å²) in [6.45, 7) is 0. The zero-order chi connectivity index (χ0) is 10.9. The second-order valence-corrected chi connectivity index (χ2v) is 5.18. The zero-order valence-corrected chi connectivity index (χ0v) is 8.95. The minimum atomic E-state index is -4.85. The summed E-state index contributed by atoms with van der Waals surface area (Å²) in [5, 5.41) is 0. The van der Waals surface area contributed by atoms with Crippen LogP contribution in [0, 0.1) is 5.82 Å². The summed E-state index contributed by atoms with van der Waals surface area (Å²) in [4.78, 5) is -0.990. The highest BCUT2D eigenvalue weighted by atomic mass is 79.9. The van der Waals surface area contributed by atoms with Crippen LogP contribution in [0.3, 0.4) is 0 Å². The van der Waals surface area contributed by atoms with Gasteiger partial charge in [-0.25, -0.2) is 12.8 Å². The fourth-order valence-corrected chi connectivity index (χ4v) is 1.92. The lowest BCUT2D eigenvalue weighted by Gasteiger charge is -2.03. The largest absolute Gasteiger partial charge is 0.341 e. The summed E-state index contributed by atoms with van der Waals surface area (Å²) in [7, 11) is -4.85. The van der Waals surface area contributed by atoms with E-state index in [1.807, 2.05) is 0 Å². The van der Waals surface area contributed by atoms with Crippen LogP contribution in [0.2, 0.25) is 0 Å².